The van der Waals surface area contributed by atoms with E-state index in [1.54, 1.807) is 6.07 Å². The molecule has 15 heavy (non-hydrogen) atoms. The fourth-order valence-corrected chi connectivity index (χ4v) is 1.89. The van der Waals surface area contributed by atoms with Gasteiger partial charge < -0.3 is 10.3 Å². The highest BCUT2D eigenvalue weighted by Gasteiger charge is 2.13. The van der Waals surface area contributed by atoms with Crippen molar-refractivity contribution in [2.24, 2.45) is 11.0 Å². The summed E-state index contributed by atoms with van der Waals surface area (Å²) in [6, 6.07) is 5.46. The van der Waals surface area contributed by atoms with E-state index in [1.165, 1.54) is 12.8 Å². The minimum absolute atomic E-state index is 0.348. The number of rotatable bonds is 3. The third-order valence-electron chi connectivity index (χ3n) is 2.71. The van der Waals surface area contributed by atoms with Crippen LogP contribution in [0.2, 0.25) is 0 Å². The molecule has 0 bridgehead atoms. The van der Waals surface area contributed by atoms with Gasteiger partial charge in [0.2, 0.25) is 0 Å². The van der Waals surface area contributed by atoms with Gasteiger partial charge in [-0.1, -0.05) is 0 Å². The van der Waals surface area contributed by atoms with E-state index in [9.17, 15) is 4.91 Å². The van der Waals surface area contributed by atoms with Gasteiger partial charge >= 0.3 is 0 Å². The van der Waals surface area contributed by atoms with E-state index in [4.69, 9.17) is 5.84 Å². The number of nitrogen functional groups attached to an aromatic ring is 1. The van der Waals surface area contributed by atoms with Crippen LogP contribution in [0.25, 0.3) is 0 Å². The fourth-order valence-electron chi connectivity index (χ4n) is 1.89. The summed E-state index contributed by atoms with van der Waals surface area (Å²) in [5, 5.41) is 2.90. The molecule has 5 nitrogen and oxygen atoms in total. The fraction of sp³-hybridized carbons (Fsp3) is 0.400. The second kappa shape index (κ2) is 4.27. The van der Waals surface area contributed by atoms with Crippen molar-refractivity contribution < 1.29 is 0 Å². The van der Waals surface area contributed by atoms with Crippen molar-refractivity contribution in [3.63, 3.8) is 0 Å². The highest BCUT2D eigenvalue weighted by atomic mass is 16.3. The predicted molar refractivity (Wildman–Crippen MR) is 61.2 cm³/mol. The molecular formula is C10H14N4O. The van der Waals surface area contributed by atoms with Crippen molar-refractivity contribution in [3.05, 3.63) is 23.1 Å². The van der Waals surface area contributed by atoms with Crippen LogP contribution in [0.15, 0.2) is 23.4 Å². The maximum absolute atomic E-state index is 10.5. The molecule has 1 aliphatic rings. The highest BCUT2D eigenvalue weighted by Crippen LogP contribution is 2.30. The molecule has 1 saturated heterocycles. The van der Waals surface area contributed by atoms with E-state index >= 15 is 0 Å². The van der Waals surface area contributed by atoms with Gasteiger partial charge in [-0.25, -0.2) is 0 Å². The third-order valence-corrected chi connectivity index (χ3v) is 2.71. The lowest BCUT2D eigenvalue weighted by Gasteiger charge is -2.18. The molecule has 1 aromatic rings. The summed E-state index contributed by atoms with van der Waals surface area (Å²) in [5.74, 6) is 5.33. The summed E-state index contributed by atoms with van der Waals surface area (Å²) in [7, 11) is 0. The van der Waals surface area contributed by atoms with Gasteiger partial charge in [-0.2, -0.15) is 0 Å². The molecule has 0 unspecified atom stereocenters. The SMILES string of the molecule is NNc1cc(N2CCCC2)ccc1N=O. The minimum Gasteiger partial charge on any atom is -0.371 e. The number of benzene rings is 1. The van der Waals surface area contributed by atoms with E-state index < -0.39 is 0 Å². The number of nitrogens with zero attached hydrogens (tertiary/aromatic N) is 2. The average molecular weight is 206 g/mol. The molecule has 0 amide bonds. The molecule has 3 N–H and O–H groups in total. The summed E-state index contributed by atoms with van der Waals surface area (Å²) < 4.78 is 0. The Morgan fingerprint density at radius 1 is 1.33 bits per heavy atom. The van der Waals surface area contributed by atoms with Gasteiger partial charge in [0.05, 0.1) is 5.69 Å². The second-order valence-electron chi connectivity index (χ2n) is 3.63. The van der Waals surface area contributed by atoms with Gasteiger partial charge in [-0.05, 0) is 36.2 Å². The molecule has 0 aliphatic carbocycles. The van der Waals surface area contributed by atoms with Crippen LogP contribution in [0.4, 0.5) is 17.1 Å². The number of nitroso groups, excluding NO2 is 1. The predicted octanol–water partition coefficient (Wildman–Crippen LogP) is 1.97. The van der Waals surface area contributed by atoms with Gasteiger partial charge in [-0.15, -0.1) is 4.91 Å². The van der Waals surface area contributed by atoms with Crippen molar-refractivity contribution in [1.29, 1.82) is 0 Å². The molecule has 1 heterocycles. The lowest BCUT2D eigenvalue weighted by molar-refractivity contribution is 0.949. The molecule has 1 fully saturated rings. The molecule has 1 aliphatic heterocycles. The number of hydrogen-bond donors (Lipinski definition) is 2. The van der Waals surface area contributed by atoms with Crippen LogP contribution < -0.4 is 16.2 Å². The molecule has 2 rings (SSSR count). The Kier molecular flexibility index (Phi) is 2.82. The Hall–Kier alpha value is -1.62. The monoisotopic (exact) mass is 206 g/mol. The first-order valence-electron chi connectivity index (χ1n) is 5.04. The van der Waals surface area contributed by atoms with Gasteiger partial charge in [0.1, 0.15) is 5.69 Å². The molecule has 0 saturated carbocycles. The number of nitrogens with one attached hydrogen (secondary N) is 1. The van der Waals surface area contributed by atoms with E-state index in [-0.39, 0.29) is 0 Å². The standard InChI is InChI=1S/C10H14N4O/c11-12-10-7-8(3-4-9(10)13-15)14-5-1-2-6-14/h3-4,7,12H,1-2,5-6,11H2. The molecule has 0 atom stereocenters. The summed E-state index contributed by atoms with van der Waals surface area (Å²) in [4.78, 5) is 12.7. The van der Waals surface area contributed by atoms with Gasteiger partial charge in [0.25, 0.3) is 0 Å². The van der Waals surface area contributed by atoms with Crippen LogP contribution in [0, 0.1) is 4.91 Å². The number of hydrazine groups is 1. The van der Waals surface area contributed by atoms with Crippen molar-refractivity contribution in [3.8, 4) is 0 Å². The van der Waals surface area contributed by atoms with E-state index in [0.717, 1.165) is 18.8 Å². The Morgan fingerprint density at radius 3 is 2.67 bits per heavy atom. The Balaban J connectivity index is 2.29. The van der Waals surface area contributed by atoms with E-state index in [0.29, 0.717) is 11.4 Å². The second-order valence-corrected chi connectivity index (χ2v) is 3.63. The van der Waals surface area contributed by atoms with Gasteiger partial charge in [0.15, 0.2) is 0 Å². The molecule has 1 aromatic carbocycles. The average Bonchev–Trinajstić information content (AvgIpc) is 2.81. The van der Waals surface area contributed by atoms with Crippen LogP contribution in [0.5, 0.6) is 0 Å². The summed E-state index contributed by atoms with van der Waals surface area (Å²) in [5.41, 5.74) is 4.51. The number of nitrogens with two attached hydrogens (primary N) is 1. The van der Waals surface area contributed by atoms with Crippen molar-refractivity contribution in [2.75, 3.05) is 23.4 Å². The molecule has 80 valence electrons. The third kappa shape index (κ3) is 1.92. The smallest absolute Gasteiger partial charge is 0.132 e. The Morgan fingerprint density at radius 2 is 2.07 bits per heavy atom. The Labute approximate surface area is 88.2 Å². The molecule has 0 radical (unpaired) electrons. The Bertz CT molecular complexity index is 360. The first-order chi connectivity index (χ1) is 7.35. The normalized spacial score (nSPS) is 15.4. The number of hydrogen-bond acceptors (Lipinski definition) is 5. The van der Waals surface area contributed by atoms with Gasteiger partial charge in [0, 0.05) is 18.8 Å². The lowest BCUT2D eigenvalue weighted by atomic mass is 10.2. The summed E-state index contributed by atoms with van der Waals surface area (Å²) in [6.07, 6.45) is 2.44. The van der Waals surface area contributed by atoms with Crippen LogP contribution in [0.3, 0.4) is 0 Å². The minimum atomic E-state index is 0.348. The summed E-state index contributed by atoms with van der Waals surface area (Å²) in [6.45, 7) is 2.13. The zero-order valence-electron chi connectivity index (χ0n) is 8.44. The molecule has 5 heteroatoms. The maximum atomic E-state index is 10.5. The maximum Gasteiger partial charge on any atom is 0.132 e. The topological polar surface area (TPSA) is 70.7 Å². The zero-order chi connectivity index (χ0) is 10.7. The van der Waals surface area contributed by atoms with Gasteiger partial charge in [-0.3, -0.25) is 5.84 Å². The zero-order valence-corrected chi connectivity index (χ0v) is 8.44. The van der Waals surface area contributed by atoms with Crippen molar-refractivity contribution in [2.45, 2.75) is 12.8 Å². The highest BCUT2D eigenvalue weighted by molar-refractivity contribution is 5.71. The first kappa shape index (κ1) is 9.92. The van der Waals surface area contributed by atoms with E-state index in [1.807, 2.05) is 12.1 Å². The van der Waals surface area contributed by atoms with Crippen molar-refractivity contribution in [1.82, 2.24) is 0 Å². The van der Waals surface area contributed by atoms with Crippen LogP contribution >= 0.6 is 0 Å². The number of anilines is 2. The first-order valence-corrected chi connectivity index (χ1v) is 5.04. The lowest BCUT2D eigenvalue weighted by Crippen LogP contribution is -2.18. The molecular weight excluding hydrogens is 192 g/mol. The van der Waals surface area contributed by atoms with E-state index in [2.05, 4.69) is 15.5 Å². The van der Waals surface area contributed by atoms with Crippen LogP contribution in [0.1, 0.15) is 12.8 Å². The molecule has 0 spiro atoms. The largest absolute Gasteiger partial charge is 0.371 e. The summed E-state index contributed by atoms with van der Waals surface area (Å²) >= 11 is 0. The quantitative estimate of drug-likeness (QED) is 0.450. The van der Waals surface area contributed by atoms with Crippen LogP contribution in [-0.4, -0.2) is 13.1 Å². The van der Waals surface area contributed by atoms with Crippen molar-refractivity contribution >= 4 is 17.1 Å². The molecule has 0 aromatic heterocycles. The van der Waals surface area contributed by atoms with Crippen LogP contribution in [-0.2, 0) is 0 Å².